The summed E-state index contributed by atoms with van der Waals surface area (Å²) in [6.45, 7) is 1.89. The van der Waals surface area contributed by atoms with Crippen molar-refractivity contribution in [2.24, 2.45) is 7.05 Å². The highest BCUT2D eigenvalue weighted by Crippen LogP contribution is 2.29. The molecule has 11 heteroatoms. The number of aromatic nitrogens is 7. The van der Waals surface area contributed by atoms with E-state index in [0.717, 1.165) is 10.1 Å². The van der Waals surface area contributed by atoms with Crippen LogP contribution in [0.1, 0.15) is 16.1 Å². The summed E-state index contributed by atoms with van der Waals surface area (Å²) in [5.74, 6) is -0.540. The highest BCUT2D eigenvalue weighted by molar-refractivity contribution is 6.10. The molecule has 2 aromatic carbocycles. The highest BCUT2D eigenvalue weighted by atomic mass is 16.2. The van der Waals surface area contributed by atoms with Gasteiger partial charge in [0.2, 0.25) is 5.95 Å². The molecule has 0 saturated heterocycles. The average molecular weight is 416 g/mol. The molecule has 0 unspecified atom stereocenters. The third-order valence-corrected chi connectivity index (χ3v) is 5.15. The number of carbonyl (C=O) groups excluding carboxylic acids is 1. The van der Waals surface area contributed by atoms with Gasteiger partial charge in [0.25, 0.3) is 11.5 Å². The first kappa shape index (κ1) is 18.5. The van der Waals surface area contributed by atoms with Crippen LogP contribution in [0.3, 0.4) is 0 Å². The van der Waals surface area contributed by atoms with Gasteiger partial charge >= 0.3 is 5.69 Å². The summed E-state index contributed by atoms with van der Waals surface area (Å²) < 4.78 is 2.63. The van der Waals surface area contributed by atoms with Crippen molar-refractivity contribution in [3.63, 3.8) is 0 Å². The van der Waals surface area contributed by atoms with Crippen LogP contribution in [0.25, 0.3) is 27.5 Å². The van der Waals surface area contributed by atoms with Gasteiger partial charge in [-0.3, -0.25) is 14.9 Å². The Hall–Kier alpha value is -4.54. The fourth-order valence-electron chi connectivity index (χ4n) is 3.77. The van der Waals surface area contributed by atoms with E-state index in [1.165, 1.54) is 0 Å². The number of carbonyl (C=O) groups is 1. The number of H-pyrrole nitrogens is 2. The van der Waals surface area contributed by atoms with Gasteiger partial charge in [-0.25, -0.2) is 14.5 Å². The van der Waals surface area contributed by atoms with E-state index in [-0.39, 0.29) is 17.3 Å². The molecule has 3 N–H and O–H groups in total. The fraction of sp³-hybridized carbons (Fsp3) is 0.100. The van der Waals surface area contributed by atoms with E-state index in [4.69, 9.17) is 0 Å². The zero-order valence-corrected chi connectivity index (χ0v) is 16.5. The quantitative estimate of drug-likeness (QED) is 0.404. The lowest BCUT2D eigenvalue weighted by atomic mass is 10.1. The number of rotatable bonds is 3. The maximum Gasteiger partial charge on any atom is 0.333 e. The average Bonchev–Trinajstić information content (AvgIpc) is 3.34. The Morgan fingerprint density at radius 1 is 1.10 bits per heavy atom. The maximum atomic E-state index is 13.3. The van der Waals surface area contributed by atoms with Gasteiger partial charge in [-0.05, 0) is 41.6 Å². The summed E-state index contributed by atoms with van der Waals surface area (Å²) in [7, 11) is 1.69. The van der Waals surface area contributed by atoms with E-state index < -0.39 is 17.2 Å². The molecule has 0 spiro atoms. The van der Waals surface area contributed by atoms with Crippen LogP contribution in [-0.2, 0) is 7.05 Å². The fourth-order valence-corrected chi connectivity index (χ4v) is 3.77. The lowest BCUT2D eigenvalue weighted by molar-refractivity contribution is 0.101. The number of fused-ring (bicyclic) bond motifs is 2. The molecule has 11 nitrogen and oxygen atoms in total. The molecule has 0 aliphatic heterocycles. The summed E-state index contributed by atoms with van der Waals surface area (Å²) in [6.07, 6.45) is 0. The second-order valence-electron chi connectivity index (χ2n) is 7.10. The molecule has 5 rings (SSSR count). The first-order valence-electron chi connectivity index (χ1n) is 9.34. The minimum absolute atomic E-state index is 0.0390. The van der Waals surface area contributed by atoms with Crippen LogP contribution >= 0.6 is 0 Å². The SMILES string of the molecule is Cc1ccc2c(c1)c(-n1c(=O)[nH]c3ccccc3c1=O)c(C(=O)Nc1nnn[nH]1)n2C. The third-order valence-electron chi connectivity index (χ3n) is 5.15. The number of amides is 1. The highest BCUT2D eigenvalue weighted by Gasteiger charge is 2.26. The van der Waals surface area contributed by atoms with E-state index in [0.29, 0.717) is 21.8 Å². The molecule has 0 aliphatic rings. The molecule has 0 fully saturated rings. The van der Waals surface area contributed by atoms with Crippen molar-refractivity contribution in [1.82, 2.24) is 34.7 Å². The van der Waals surface area contributed by atoms with Gasteiger partial charge in [-0.1, -0.05) is 28.9 Å². The Kier molecular flexibility index (Phi) is 4.03. The molecule has 154 valence electrons. The Bertz CT molecular complexity index is 1590. The second-order valence-corrected chi connectivity index (χ2v) is 7.10. The smallest absolute Gasteiger partial charge is 0.333 e. The van der Waals surface area contributed by atoms with Crippen LogP contribution in [0.15, 0.2) is 52.1 Å². The van der Waals surface area contributed by atoms with Crippen molar-refractivity contribution < 1.29 is 4.79 Å². The standard InChI is InChI=1S/C20H16N8O3/c1-10-7-8-14-12(9-10)15(16(27(14)2)17(29)22-19-23-25-26-24-19)28-18(30)11-5-3-4-6-13(11)21-20(28)31/h3-9H,1-2H3,(H,21,31)(H2,22,23,24,25,26,29). The predicted octanol–water partition coefficient (Wildman–Crippen LogP) is 1.24. The van der Waals surface area contributed by atoms with E-state index in [1.807, 2.05) is 25.1 Å². The summed E-state index contributed by atoms with van der Waals surface area (Å²) >= 11 is 0. The van der Waals surface area contributed by atoms with Crippen molar-refractivity contribution in [2.45, 2.75) is 6.92 Å². The number of anilines is 1. The van der Waals surface area contributed by atoms with Crippen molar-refractivity contribution in [1.29, 1.82) is 0 Å². The van der Waals surface area contributed by atoms with Gasteiger partial charge in [-0.15, -0.1) is 0 Å². The zero-order chi connectivity index (χ0) is 21.7. The molecule has 3 aromatic heterocycles. The molecule has 0 atom stereocenters. The molecule has 5 aromatic rings. The van der Waals surface area contributed by atoms with Gasteiger partial charge < -0.3 is 9.55 Å². The van der Waals surface area contributed by atoms with Crippen LogP contribution in [0.4, 0.5) is 5.95 Å². The van der Waals surface area contributed by atoms with Gasteiger partial charge in [0, 0.05) is 12.4 Å². The summed E-state index contributed by atoms with van der Waals surface area (Å²) in [4.78, 5) is 42.3. The molecule has 31 heavy (non-hydrogen) atoms. The van der Waals surface area contributed by atoms with Crippen LogP contribution in [-0.4, -0.2) is 40.6 Å². The van der Waals surface area contributed by atoms with E-state index in [2.05, 4.69) is 30.9 Å². The molecular weight excluding hydrogens is 400 g/mol. The van der Waals surface area contributed by atoms with E-state index >= 15 is 0 Å². The third kappa shape index (κ3) is 2.82. The predicted molar refractivity (Wildman–Crippen MR) is 114 cm³/mol. The molecule has 3 heterocycles. The van der Waals surface area contributed by atoms with Crippen LogP contribution in [0, 0.1) is 6.92 Å². The summed E-state index contributed by atoms with van der Waals surface area (Å²) in [6, 6.07) is 12.3. The first-order valence-corrected chi connectivity index (χ1v) is 9.34. The number of aryl methyl sites for hydroxylation is 2. The Morgan fingerprint density at radius 2 is 1.90 bits per heavy atom. The van der Waals surface area contributed by atoms with Crippen molar-refractivity contribution in [3.05, 3.63) is 74.6 Å². The number of hydrogen-bond acceptors (Lipinski definition) is 6. The van der Waals surface area contributed by atoms with Crippen LogP contribution < -0.4 is 16.6 Å². The number of hydrogen-bond donors (Lipinski definition) is 3. The van der Waals surface area contributed by atoms with Crippen molar-refractivity contribution in [2.75, 3.05) is 5.32 Å². The number of benzene rings is 2. The number of aromatic amines is 2. The maximum absolute atomic E-state index is 13.3. The Balaban J connectivity index is 1.88. The lowest BCUT2D eigenvalue weighted by Crippen LogP contribution is -2.35. The topological polar surface area (TPSA) is 143 Å². The molecule has 0 radical (unpaired) electrons. The van der Waals surface area contributed by atoms with Gasteiger partial charge in [0.05, 0.1) is 22.1 Å². The lowest BCUT2D eigenvalue weighted by Gasteiger charge is -2.10. The number of nitrogens with zero attached hydrogens (tertiary/aromatic N) is 5. The minimum atomic E-state index is -0.645. The monoisotopic (exact) mass is 416 g/mol. The van der Waals surface area contributed by atoms with Crippen molar-refractivity contribution >= 4 is 33.7 Å². The number of nitrogens with one attached hydrogen (secondary N) is 3. The first-order chi connectivity index (χ1) is 15.0. The normalized spacial score (nSPS) is 11.3. The Morgan fingerprint density at radius 3 is 2.68 bits per heavy atom. The molecule has 0 aliphatic carbocycles. The molecule has 0 saturated carbocycles. The van der Waals surface area contributed by atoms with Gasteiger partial charge in [0.1, 0.15) is 5.69 Å². The van der Waals surface area contributed by atoms with Crippen LogP contribution in [0.5, 0.6) is 0 Å². The largest absolute Gasteiger partial charge is 0.338 e. The Labute approximate surface area is 173 Å². The second kappa shape index (κ2) is 6.76. The van der Waals surface area contributed by atoms with Gasteiger partial charge in [-0.2, -0.15) is 0 Å². The zero-order valence-electron chi connectivity index (χ0n) is 16.5. The van der Waals surface area contributed by atoms with Crippen LogP contribution in [0.2, 0.25) is 0 Å². The minimum Gasteiger partial charge on any atom is -0.338 e. The van der Waals surface area contributed by atoms with Gasteiger partial charge in [0.15, 0.2) is 0 Å². The van der Waals surface area contributed by atoms with E-state index in [1.54, 1.807) is 35.9 Å². The summed E-state index contributed by atoms with van der Waals surface area (Å²) in [5.41, 5.74) is 1.14. The summed E-state index contributed by atoms with van der Waals surface area (Å²) in [5, 5.41) is 16.5. The molecule has 1 amide bonds. The molecular formula is C20H16N8O3. The van der Waals surface area contributed by atoms with Crippen molar-refractivity contribution in [3.8, 4) is 5.69 Å². The number of tetrazole rings is 1. The van der Waals surface area contributed by atoms with E-state index in [9.17, 15) is 14.4 Å². The number of para-hydroxylation sites is 1. The molecule has 0 bridgehead atoms.